The van der Waals surface area contributed by atoms with Crippen molar-refractivity contribution in [2.24, 2.45) is 0 Å². The molecule has 3 aromatic carbocycles. The second kappa shape index (κ2) is 8.51. The van der Waals surface area contributed by atoms with Gasteiger partial charge in [0.2, 0.25) is 0 Å². The van der Waals surface area contributed by atoms with E-state index >= 15 is 0 Å². The number of anilines is 1. The van der Waals surface area contributed by atoms with Gasteiger partial charge < -0.3 is 5.32 Å². The third-order valence-corrected chi connectivity index (χ3v) is 5.06. The van der Waals surface area contributed by atoms with Crippen LogP contribution in [0.4, 0.5) is 18.9 Å². The van der Waals surface area contributed by atoms with E-state index in [0.29, 0.717) is 10.7 Å². The Labute approximate surface area is 187 Å². The summed E-state index contributed by atoms with van der Waals surface area (Å²) in [4.78, 5) is 12.8. The highest BCUT2D eigenvalue weighted by Crippen LogP contribution is 2.31. The number of aromatic nitrogens is 2. The highest BCUT2D eigenvalue weighted by atomic mass is 35.5. The highest BCUT2D eigenvalue weighted by Gasteiger charge is 2.30. The van der Waals surface area contributed by atoms with Crippen LogP contribution in [0.2, 0.25) is 5.02 Å². The zero-order valence-electron chi connectivity index (χ0n) is 16.8. The first-order chi connectivity index (χ1) is 15.2. The Kier molecular flexibility index (Phi) is 5.76. The summed E-state index contributed by atoms with van der Waals surface area (Å²) in [5.74, 6) is -0.620. The van der Waals surface area contributed by atoms with Crippen molar-refractivity contribution >= 4 is 23.2 Å². The summed E-state index contributed by atoms with van der Waals surface area (Å²) < 4.78 is 40.6. The zero-order chi connectivity index (χ0) is 22.9. The molecular weight excluding hydrogens is 439 g/mol. The second-order valence-electron chi connectivity index (χ2n) is 7.20. The lowest BCUT2D eigenvalue weighted by Gasteiger charge is -2.09. The van der Waals surface area contributed by atoms with E-state index in [0.717, 1.165) is 28.9 Å². The molecule has 0 aliphatic heterocycles. The molecule has 0 atom stereocenters. The number of nitrogens with one attached hydrogen (secondary N) is 1. The van der Waals surface area contributed by atoms with Crippen LogP contribution in [0.1, 0.15) is 21.6 Å². The minimum Gasteiger partial charge on any atom is -0.321 e. The van der Waals surface area contributed by atoms with E-state index in [4.69, 9.17) is 11.6 Å². The zero-order valence-corrected chi connectivity index (χ0v) is 17.6. The summed E-state index contributed by atoms with van der Waals surface area (Å²) in [7, 11) is 0. The number of carbonyl (C=O) groups is 1. The number of halogens is 4. The fraction of sp³-hybridized carbons (Fsp3) is 0.0833. The lowest BCUT2D eigenvalue weighted by atomic mass is 10.1. The molecule has 0 spiro atoms. The van der Waals surface area contributed by atoms with Crippen molar-refractivity contribution in [1.29, 1.82) is 0 Å². The number of carbonyl (C=O) groups excluding carboxylic acids is 1. The van der Waals surface area contributed by atoms with Gasteiger partial charge in [-0.3, -0.25) is 4.79 Å². The summed E-state index contributed by atoms with van der Waals surface area (Å²) in [6.07, 6.45) is -4.50. The summed E-state index contributed by atoms with van der Waals surface area (Å²) in [5, 5.41) is 7.49. The van der Waals surface area contributed by atoms with Gasteiger partial charge in [-0.25, -0.2) is 4.68 Å². The lowest BCUT2D eigenvalue weighted by Crippen LogP contribution is -2.14. The molecule has 0 saturated carbocycles. The summed E-state index contributed by atoms with van der Waals surface area (Å²) >= 11 is 6.00. The molecule has 1 aromatic heterocycles. The first-order valence-corrected chi connectivity index (χ1v) is 10.0. The Hall–Kier alpha value is -3.58. The molecule has 1 amide bonds. The molecule has 32 heavy (non-hydrogen) atoms. The monoisotopic (exact) mass is 455 g/mol. The molecule has 162 valence electrons. The van der Waals surface area contributed by atoms with Crippen LogP contribution in [0.25, 0.3) is 16.9 Å². The van der Waals surface area contributed by atoms with Crippen molar-refractivity contribution < 1.29 is 18.0 Å². The van der Waals surface area contributed by atoms with E-state index in [9.17, 15) is 18.0 Å². The van der Waals surface area contributed by atoms with Crippen molar-refractivity contribution in [2.75, 3.05) is 5.32 Å². The average molecular weight is 456 g/mol. The summed E-state index contributed by atoms with van der Waals surface area (Å²) in [5.41, 5.74) is 2.47. The van der Waals surface area contributed by atoms with Crippen LogP contribution in [-0.2, 0) is 6.18 Å². The Balaban J connectivity index is 1.71. The average Bonchev–Trinajstić information content (AvgIpc) is 3.20. The molecule has 4 aromatic rings. The van der Waals surface area contributed by atoms with Gasteiger partial charge in [-0.2, -0.15) is 18.3 Å². The molecular formula is C24H17ClF3N3O. The van der Waals surface area contributed by atoms with Crippen LogP contribution in [-0.4, -0.2) is 15.7 Å². The maximum absolute atomic E-state index is 13.0. The normalized spacial score (nSPS) is 11.4. The molecule has 1 heterocycles. The number of hydrogen-bond donors (Lipinski definition) is 1. The van der Waals surface area contributed by atoms with Gasteiger partial charge in [0.25, 0.3) is 5.91 Å². The molecule has 0 aliphatic rings. The van der Waals surface area contributed by atoms with Gasteiger partial charge in [0.1, 0.15) is 0 Å². The van der Waals surface area contributed by atoms with Crippen molar-refractivity contribution in [3.8, 4) is 16.9 Å². The van der Waals surface area contributed by atoms with E-state index in [1.165, 1.54) is 12.1 Å². The SMILES string of the molecule is Cc1ccc(-n2nc(C(=O)Nc3cccc(C(F)(F)F)c3)cc2-c2ccc(Cl)cc2)cc1. The maximum Gasteiger partial charge on any atom is 0.416 e. The number of amides is 1. The number of rotatable bonds is 4. The van der Waals surface area contributed by atoms with Gasteiger partial charge in [0, 0.05) is 16.3 Å². The Morgan fingerprint density at radius 3 is 2.31 bits per heavy atom. The van der Waals surface area contributed by atoms with Gasteiger partial charge in [0.05, 0.1) is 16.9 Å². The molecule has 0 saturated heterocycles. The van der Waals surface area contributed by atoms with E-state index in [1.807, 2.05) is 31.2 Å². The minimum atomic E-state index is -4.50. The Morgan fingerprint density at radius 2 is 1.66 bits per heavy atom. The molecule has 4 nitrogen and oxygen atoms in total. The highest BCUT2D eigenvalue weighted by molar-refractivity contribution is 6.30. The molecule has 0 aliphatic carbocycles. The third-order valence-electron chi connectivity index (χ3n) is 4.81. The summed E-state index contributed by atoms with van der Waals surface area (Å²) in [6, 6.07) is 20.7. The fourth-order valence-corrected chi connectivity index (χ4v) is 3.30. The fourth-order valence-electron chi connectivity index (χ4n) is 3.17. The quantitative estimate of drug-likeness (QED) is 0.369. The van der Waals surface area contributed by atoms with Crippen LogP contribution in [0, 0.1) is 6.92 Å². The first kappa shape index (κ1) is 21.6. The predicted octanol–water partition coefficient (Wildman–Crippen LogP) is 6.77. The van der Waals surface area contributed by atoms with Gasteiger partial charge in [-0.1, -0.05) is 47.5 Å². The molecule has 4 rings (SSSR count). The number of hydrogen-bond acceptors (Lipinski definition) is 2. The number of alkyl halides is 3. The van der Waals surface area contributed by atoms with E-state index in [-0.39, 0.29) is 11.4 Å². The first-order valence-electron chi connectivity index (χ1n) is 9.62. The number of nitrogens with zero attached hydrogens (tertiary/aromatic N) is 2. The number of aryl methyl sites for hydroxylation is 1. The molecule has 0 unspecified atom stereocenters. The van der Waals surface area contributed by atoms with Crippen LogP contribution in [0.5, 0.6) is 0 Å². The van der Waals surface area contributed by atoms with Crippen molar-refractivity contribution in [2.45, 2.75) is 13.1 Å². The van der Waals surface area contributed by atoms with Gasteiger partial charge in [-0.05, 0) is 55.5 Å². The number of benzene rings is 3. The molecule has 1 N–H and O–H groups in total. The van der Waals surface area contributed by atoms with Gasteiger partial charge in [0.15, 0.2) is 5.69 Å². The van der Waals surface area contributed by atoms with Gasteiger partial charge >= 0.3 is 6.18 Å². The van der Waals surface area contributed by atoms with Crippen LogP contribution >= 0.6 is 11.6 Å². The van der Waals surface area contributed by atoms with E-state index in [1.54, 1.807) is 35.0 Å². The minimum absolute atomic E-state index is 0.0303. The third kappa shape index (κ3) is 4.68. The Morgan fingerprint density at radius 1 is 0.969 bits per heavy atom. The molecule has 0 radical (unpaired) electrons. The molecule has 0 fully saturated rings. The lowest BCUT2D eigenvalue weighted by molar-refractivity contribution is -0.137. The second-order valence-corrected chi connectivity index (χ2v) is 7.64. The molecule has 8 heteroatoms. The van der Waals surface area contributed by atoms with E-state index in [2.05, 4.69) is 10.4 Å². The molecule has 0 bridgehead atoms. The largest absolute Gasteiger partial charge is 0.416 e. The maximum atomic E-state index is 13.0. The van der Waals surface area contributed by atoms with Crippen molar-refractivity contribution in [3.63, 3.8) is 0 Å². The van der Waals surface area contributed by atoms with Crippen LogP contribution in [0.3, 0.4) is 0 Å². The predicted molar refractivity (Wildman–Crippen MR) is 118 cm³/mol. The Bertz CT molecular complexity index is 1200. The smallest absolute Gasteiger partial charge is 0.321 e. The standard InChI is InChI=1S/C24H17ClF3N3O/c1-15-5-11-20(12-6-15)31-22(16-7-9-18(25)10-8-16)14-21(30-31)23(32)29-19-4-2-3-17(13-19)24(26,27)28/h2-14H,1H3,(H,29,32). The topological polar surface area (TPSA) is 46.9 Å². The van der Waals surface area contributed by atoms with Crippen molar-refractivity contribution in [1.82, 2.24) is 9.78 Å². The van der Waals surface area contributed by atoms with Crippen LogP contribution < -0.4 is 5.32 Å². The van der Waals surface area contributed by atoms with Crippen molar-refractivity contribution in [3.05, 3.63) is 101 Å². The summed E-state index contributed by atoms with van der Waals surface area (Å²) in [6.45, 7) is 1.96. The van der Waals surface area contributed by atoms with E-state index < -0.39 is 17.6 Å². The van der Waals surface area contributed by atoms with Gasteiger partial charge in [-0.15, -0.1) is 0 Å². The van der Waals surface area contributed by atoms with Crippen LogP contribution in [0.15, 0.2) is 78.9 Å².